The van der Waals surface area contributed by atoms with Crippen LogP contribution in [0.1, 0.15) is 15.9 Å². The average Bonchev–Trinajstić information content (AvgIpc) is 3.22. The molecule has 23 heavy (non-hydrogen) atoms. The second-order valence-corrected chi connectivity index (χ2v) is 5.78. The summed E-state index contributed by atoms with van der Waals surface area (Å²) in [4.78, 5) is 13.1. The van der Waals surface area contributed by atoms with Crippen molar-refractivity contribution in [3.05, 3.63) is 65.2 Å². The molecule has 5 heteroatoms. The molecule has 0 fully saturated rings. The molecule has 114 valence electrons. The molecule has 0 saturated carbocycles. The normalized spacial score (nSPS) is 10.2. The van der Waals surface area contributed by atoms with Crippen molar-refractivity contribution in [3.63, 3.8) is 0 Å². The lowest BCUT2D eigenvalue weighted by Gasteiger charge is -2.00. The van der Waals surface area contributed by atoms with Gasteiger partial charge < -0.3 is 4.74 Å². The molecule has 0 aliphatic heterocycles. The van der Waals surface area contributed by atoms with Crippen LogP contribution in [-0.4, -0.2) is 22.4 Å². The summed E-state index contributed by atoms with van der Waals surface area (Å²) in [6.45, 7) is 0.536. The standard InChI is InChI=1S/C18H14N2O2S/c1-2-10-22-18(21)15-13-20(12-14-7-4-3-5-8-14)19-17(15)16-9-6-11-23-16/h1,3-9,11,13H,10,12H2. The van der Waals surface area contributed by atoms with Crippen molar-refractivity contribution in [2.75, 3.05) is 6.61 Å². The molecular weight excluding hydrogens is 308 g/mol. The average molecular weight is 322 g/mol. The van der Waals surface area contributed by atoms with E-state index < -0.39 is 5.97 Å². The number of hydrogen-bond donors (Lipinski definition) is 0. The van der Waals surface area contributed by atoms with Crippen LogP contribution >= 0.6 is 11.3 Å². The van der Waals surface area contributed by atoms with Gasteiger partial charge in [-0.3, -0.25) is 4.68 Å². The lowest BCUT2D eigenvalue weighted by Crippen LogP contribution is -2.05. The fourth-order valence-corrected chi connectivity index (χ4v) is 2.93. The molecule has 0 bridgehead atoms. The van der Waals surface area contributed by atoms with E-state index in [-0.39, 0.29) is 6.61 Å². The van der Waals surface area contributed by atoms with Crippen LogP contribution < -0.4 is 0 Å². The highest BCUT2D eigenvalue weighted by atomic mass is 32.1. The van der Waals surface area contributed by atoms with Gasteiger partial charge in [0.25, 0.3) is 0 Å². The summed E-state index contributed by atoms with van der Waals surface area (Å²) < 4.78 is 6.80. The lowest BCUT2D eigenvalue weighted by molar-refractivity contribution is 0.0557. The number of aromatic nitrogens is 2. The zero-order valence-electron chi connectivity index (χ0n) is 12.3. The number of carbonyl (C=O) groups is 1. The first-order chi connectivity index (χ1) is 11.3. The lowest BCUT2D eigenvalue weighted by atomic mass is 10.2. The fourth-order valence-electron chi connectivity index (χ4n) is 2.20. The van der Waals surface area contributed by atoms with E-state index in [0.29, 0.717) is 17.8 Å². The predicted molar refractivity (Wildman–Crippen MR) is 90.2 cm³/mol. The van der Waals surface area contributed by atoms with Gasteiger partial charge in [0.05, 0.1) is 11.4 Å². The van der Waals surface area contributed by atoms with Crippen molar-refractivity contribution < 1.29 is 9.53 Å². The number of benzene rings is 1. The van der Waals surface area contributed by atoms with E-state index in [1.807, 2.05) is 47.8 Å². The molecule has 0 amide bonds. The first-order valence-electron chi connectivity index (χ1n) is 7.04. The quantitative estimate of drug-likeness (QED) is 0.534. The van der Waals surface area contributed by atoms with Gasteiger partial charge in [-0.05, 0) is 17.0 Å². The minimum absolute atomic E-state index is 0.0490. The SMILES string of the molecule is C#CCOC(=O)c1cn(Cc2ccccc2)nc1-c1cccs1. The summed E-state index contributed by atoms with van der Waals surface area (Å²) in [6, 6.07) is 13.8. The van der Waals surface area contributed by atoms with Crippen molar-refractivity contribution in [3.8, 4) is 22.9 Å². The van der Waals surface area contributed by atoms with Gasteiger partial charge in [-0.2, -0.15) is 5.10 Å². The number of nitrogens with zero attached hydrogens (tertiary/aromatic N) is 2. The van der Waals surface area contributed by atoms with E-state index in [1.165, 1.54) is 11.3 Å². The molecular formula is C18H14N2O2S. The minimum atomic E-state index is -0.453. The molecule has 2 aromatic heterocycles. The van der Waals surface area contributed by atoms with Crippen molar-refractivity contribution in [2.24, 2.45) is 0 Å². The molecule has 2 heterocycles. The maximum absolute atomic E-state index is 12.2. The third kappa shape index (κ3) is 3.50. The van der Waals surface area contributed by atoms with Gasteiger partial charge in [0, 0.05) is 6.20 Å². The van der Waals surface area contributed by atoms with Crippen LogP contribution in [-0.2, 0) is 11.3 Å². The van der Waals surface area contributed by atoms with Gasteiger partial charge in [-0.25, -0.2) is 4.79 Å². The number of carbonyl (C=O) groups excluding carboxylic acids is 1. The van der Waals surface area contributed by atoms with Gasteiger partial charge in [-0.15, -0.1) is 17.8 Å². The summed E-state index contributed by atoms with van der Waals surface area (Å²) in [5.74, 6) is 1.85. The van der Waals surface area contributed by atoms with Crippen LogP contribution in [0.15, 0.2) is 54.0 Å². The third-order valence-electron chi connectivity index (χ3n) is 3.21. The topological polar surface area (TPSA) is 44.1 Å². The smallest absolute Gasteiger partial charge is 0.342 e. The highest BCUT2D eigenvalue weighted by Gasteiger charge is 2.19. The Morgan fingerprint density at radius 3 is 2.78 bits per heavy atom. The first kappa shape index (κ1) is 15.1. The van der Waals surface area contributed by atoms with E-state index in [4.69, 9.17) is 11.2 Å². The van der Waals surface area contributed by atoms with Crippen LogP contribution in [0.2, 0.25) is 0 Å². The maximum Gasteiger partial charge on any atom is 0.342 e. The molecule has 0 saturated heterocycles. The zero-order chi connectivity index (χ0) is 16.1. The van der Waals surface area contributed by atoms with Gasteiger partial charge in [0.2, 0.25) is 0 Å². The van der Waals surface area contributed by atoms with E-state index in [9.17, 15) is 4.79 Å². The third-order valence-corrected chi connectivity index (χ3v) is 4.09. The molecule has 1 aromatic carbocycles. The molecule has 3 rings (SSSR count). The number of rotatable bonds is 5. The maximum atomic E-state index is 12.2. The van der Waals surface area contributed by atoms with Crippen molar-refractivity contribution in [1.29, 1.82) is 0 Å². The summed E-state index contributed by atoms with van der Waals surface area (Å²) in [7, 11) is 0. The predicted octanol–water partition coefficient (Wildman–Crippen LogP) is 3.45. The monoisotopic (exact) mass is 322 g/mol. The van der Waals surface area contributed by atoms with E-state index in [1.54, 1.807) is 10.9 Å². The number of thiophene rings is 1. The Hall–Kier alpha value is -2.84. The number of ether oxygens (including phenoxy) is 1. The van der Waals surface area contributed by atoms with Crippen LogP contribution in [0.25, 0.3) is 10.6 Å². The molecule has 0 N–H and O–H groups in total. The Morgan fingerprint density at radius 1 is 1.26 bits per heavy atom. The Bertz CT molecular complexity index is 830. The minimum Gasteiger partial charge on any atom is -0.449 e. The van der Waals surface area contributed by atoms with Crippen LogP contribution in [0.4, 0.5) is 0 Å². The number of hydrogen-bond acceptors (Lipinski definition) is 4. The molecule has 0 spiro atoms. The molecule has 3 aromatic rings. The van der Waals surface area contributed by atoms with Gasteiger partial charge in [0.15, 0.2) is 6.61 Å². The first-order valence-corrected chi connectivity index (χ1v) is 7.91. The second kappa shape index (κ2) is 6.95. The van der Waals surface area contributed by atoms with Crippen LogP contribution in [0.3, 0.4) is 0 Å². The zero-order valence-corrected chi connectivity index (χ0v) is 13.1. The van der Waals surface area contributed by atoms with Crippen molar-refractivity contribution in [1.82, 2.24) is 9.78 Å². The van der Waals surface area contributed by atoms with Gasteiger partial charge in [-0.1, -0.05) is 42.3 Å². The van der Waals surface area contributed by atoms with E-state index in [0.717, 1.165) is 10.4 Å². The second-order valence-electron chi connectivity index (χ2n) is 4.83. The van der Waals surface area contributed by atoms with Crippen LogP contribution in [0, 0.1) is 12.3 Å². The summed E-state index contributed by atoms with van der Waals surface area (Å²) in [5.41, 5.74) is 2.16. The van der Waals surface area contributed by atoms with Gasteiger partial charge >= 0.3 is 5.97 Å². The van der Waals surface area contributed by atoms with Gasteiger partial charge in [0.1, 0.15) is 11.3 Å². The molecule has 0 unspecified atom stereocenters. The molecule has 0 radical (unpaired) electrons. The Labute approximate surface area is 138 Å². The molecule has 0 atom stereocenters. The number of terminal acetylenes is 1. The molecule has 0 aliphatic rings. The fraction of sp³-hybridized carbons (Fsp3) is 0.111. The van der Waals surface area contributed by atoms with Crippen molar-refractivity contribution >= 4 is 17.3 Å². The highest BCUT2D eigenvalue weighted by Crippen LogP contribution is 2.27. The summed E-state index contributed by atoms with van der Waals surface area (Å²) >= 11 is 1.53. The largest absolute Gasteiger partial charge is 0.449 e. The number of esters is 1. The molecule has 4 nitrogen and oxygen atoms in total. The Kier molecular flexibility index (Phi) is 4.55. The Balaban J connectivity index is 1.93. The van der Waals surface area contributed by atoms with E-state index in [2.05, 4.69) is 11.0 Å². The summed E-state index contributed by atoms with van der Waals surface area (Å²) in [5, 5.41) is 6.50. The van der Waals surface area contributed by atoms with E-state index >= 15 is 0 Å². The summed E-state index contributed by atoms with van der Waals surface area (Å²) in [6.07, 6.45) is 6.86. The highest BCUT2D eigenvalue weighted by molar-refractivity contribution is 7.13. The van der Waals surface area contributed by atoms with Crippen LogP contribution in [0.5, 0.6) is 0 Å². The molecule has 0 aliphatic carbocycles. The van der Waals surface area contributed by atoms with Crippen molar-refractivity contribution in [2.45, 2.75) is 6.54 Å². The Morgan fingerprint density at radius 2 is 2.09 bits per heavy atom.